The van der Waals surface area contributed by atoms with Crippen LogP contribution >= 0.6 is 11.6 Å². The molecule has 0 unspecified atom stereocenters. The molecule has 0 spiro atoms. The average molecular weight is 586 g/mol. The monoisotopic (exact) mass is 585 g/mol. The van der Waals surface area contributed by atoms with Gasteiger partial charge < -0.3 is 39.6 Å². The van der Waals surface area contributed by atoms with Crippen molar-refractivity contribution in [2.45, 2.75) is 43.7 Å². The molecule has 0 bridgehead atoms. The fraction of sp³-hybridized carbons (Fsp3) is 0.480. The van der Waals surface area contributed by atoms with Crippen LogP contribution in [-0.4, -0.2) is 104 Å². The second-order valence-electron chi connectivity index (χ2n) is 9.57. The Hall–Kier alpha value is -2.20. The van der Waals surface area contributed by atoms with Gasteiger partial charge in [0.15, 0.2) is 5.65 Å². The molecule has 0 aliphatic carbocycles. The number of hydrogen-bond acceptors (Lipinski definition) is 11. The van der Waals surface area contributed by atoms with E-state index in [1.165, 1.54) is 9.08 Å². The molecule has 0 radical (unpaired) electrons. The van der Waals surface area contributed by atoms with Gasteiger partial charge in [0, 0.05) is 51.2 Å². The SMILES string of the molecule is O=C([O-])[C@H]1O[C@@H](Oc2ccc(N3CCN(CCCn4nc5ccccn5c4=O)CC3)cc2Cl)[C@H](O)[C@@H](O)[C@@H]1O.[Na+]. The first-order chi connectivity index (χ1) is 18.7. The van der Waals surface area contributed by atoms with Crippen LogP contribution < -0.4 is 50.0 Å². The van der Waals surface area contributed by atoms with E-state index in [-0.39, 0.29) is 46.0 Å². The zero-order valence-electron chi connectivity index (χ0n) is 21.9. The van der Waals surface area contributed by atoms with Gasteiger partial charge in [-0.15, -0.1) is 5.10 Å². The molecule has 2 fully saturated rings. The van der Waals surface area contributed by atoms with Gasteiger partial charge in [-0.2, -0.15) is 0 Å². The average Bonchev–Trinajstić information content (AvgIpc) is 3.25. The van der Waals surface area contributed by atoms with Crippen molar-refractivity contribution < 1.29 is 64.3 Å². The molecule has 2 saturated heterocycles. The van der Waals surface area contributed by atoms with Gasteiger partial charge in [-0.25, -0.2) is 9.48 Å². The number of piperazine rings is 1. The van der Waals surface area contributed by atoms with Crippen LogP contribution in [0.2, 0.25) is 5.02 Å². The minimum atomic E-state index is -1.87. The summed E-state index contributed by atoms with van der Waals surface area (Å²) in [5.74, 6) is -1.63. The number of rotatable bonds is 8. The van der Waals surface area contributed by atoms with Crippen molar-refractivity contribution in [3.05, 3.63) is 58.1 Å². The minimum absolute atomic E-state index is 0. The Labute approximate surface area is 256 Å². The molecule has 1 aromatic carbocycles. The smallest absolute Gasteiger partial charge is 0.547 e. The molecule has 5 atom stereocenters. The number of carbonyl (C=O) groups excluding carboxylic acids is 1. The molecule has 5 rings (SSSR count). The molecular weight excluding hydrogens is 557 g/mol. The number of anilines is 1. The maximum absolute atomic E-state index is 12.4. The number of ether oxygens (including phenoxy) is 2. The van der Waals surface area contributed by atoms with E-state index in [0.717, 1.165) is 44.8 Å². The van der Waals surface area contributed by atoms with Gasteiger partial charge in [0.25, 0.3) is 0 Å². The number of fused-ring (bicyclic) bond motifs is 1. The van der Waals surface area contributed by atoms with Crippen molar-refractivity contribution in [3.8, 4) is 5.75 Å². The van der Waals surface area contributed by atoms with Crippen LogP contribution in [0.3, 0.4) is 0 Å². The van der Waals surface area contributed by atoms with Crippen molar-refractivity contribution in [3.63, 3.8) is 0 Å². The van der Waals surface area contributed by atoms with Crippen LogP contribution in [0.25, 0.3) is 5.65 Å². The Morgan fingerprint density at radius 3 is 2.50 bits per heavy atom. The summed E-state index contributed by atoms with van der Waals surface area (Å²) in [6, 6.07) is 10.5. The summed E-state index contributed by atoms with van der Waals surface area (Å²) in [5.41, 5.74) is 1.35. The van der Waals surface area contributed by atoms with E-state index >= 15 is 0 Å². The third-order valence-corrected chi connectivity index (χ3v) is 7.33. The van der Waals surface area contributed by atoms with Crippen LogP contribution in [0, 0.1) is 0 Å². The van der Waals surface area contributed by atoms with E-state index in [4.69, 9.17) is 21.1 Å². The number of aryl methyl sites for hydroxylation is 1. The predicted octanol–water partition coefficient (Wildman–Crippen LogP) is -4.70. The molecule has 0 saturated carbocycles. The largest absolute Gasteiger partial charge is 1.00 e. The number of carbonyl (C=O) groups is 1. The Morgan fingerprint density at radius 2 is 1.82 bits per heavy atom. The van der Waals surface area contributed by atoms with Crippen LogP contribution in [0.4, 0.5) is 5.69 Å². The number of aliphatic carboxylic acids is 1. The number of pyridine rings is 1. The number of nitrogens with zero attached hydrogens (tertiary/aromatic N) is 5. The van der Waals surface area contributed by atoms with Gasteiger partial charge >= 0.3 is 35.2 Å². The fourth-order valence-corrected chi connectivity index (χ4v) is 5.05. The number of aromatic nitrogens is 3. The Morgan fingerprint density at radius 1 is 1.07 bits per heavy atom. The number of hydrogen-bond donors (Lipinski definition) is 3. The third-order valence-electron chi connectivity index (χ3n) is 7.03. The summed E-state index contributed by atoms with van der Waals surface area (Å²) in [4.78, 5) is 28.1. The van der Waals surface area contributed by atoms with Gasteiger partial charge in [-0.3, -0.25) is 9.30 Å². The standard InChI is InChI=1S/C25H30ClN5O8.Na/c26-16-14-15(5-6-17(16)38-24-21(34)19(32)20(33)22(39-24)23(35)36)29-12-10-28(11-13-29)7-3-9-31-25(37)30-8-2-1-4-18(30)27-31;/h1-2,4-6,8,14,19-22,24,32-34H,3,7,9-13H2,(H,35,36);/q;+1/p-1/t19-,20-,21+,22-,24+;/m0./s1. The van der Waals surface area contributed by atoms with Gasteiger partial charge in [-0.05, 0) is 36.8 Å². The Balaban J connectivity index is 0.00000370. The molecule has 4 heterocycles. The normalized spacial score (nSPS) is 25.5. The minimum Gasteiger partial charge on any atom is -0.547 e. The van der Waals surface area contributed by atoms with Gasteiger partial charge in [0.2, 0.25) is 6.29 Å². The van der Waals surface area contributed by atoms with Crippen molar-refractivity contribution in [1.29, 1.82) is 0 Å². The number of aliphatic hydroxyl groups is 3. The quantitative estimate of drug-likeness (QED) is 0.218. The van der Waals surface area contributed by atoms with Crippen LogP contribution in [0.5, 0.6) is 5.75 Å². The van der Waals surface area contributed by atoms with Gasteiger partial charge in [0.1, 0.15) is 30.2 Å². The van der Waals surface area contributed by atoms with Gasteiger partial charge in [0.05, 0.1) is 11.0 Å². The molecule has 3 aromatic rings. The topological polar surface area (TPSA) is 165 Å². The van der Waals surface area contributed by atoms with E-state index in [9.17, 15) is 30.0 Å². The van der Waals surface area contributed by atoms with Crippen molar-refractivity contribution in [2.75, 3.05) is 37.6 Å². The predicted molar refractivity (Wildman–Crippen MR) is 136 cm³/mol. The van der Waals surface area contributed by atoms with E-state index in [0.29, 0.717) is 12.2 Å². The molecule has 210 valence electrons. The Bertz CT molecular complexity index is 1380. The second-order valence-corrected chi connectivity index (χ2v) is 9.97. The second kappa shape index (κ2) is 13.2. The van der Waals surface area contributed by atoms with Crippen LogP contribution in [-0.2, 0) is 16.1 Å². The Kier molecular flexibility index (Phi) is 10.1. The summed E-state index contributed by atoms with van der Waals surface area (Å²) in [5, 5.41) is 45.7. The first-order valence-corrected chi connectivity index (χ1v) is 13.0. The molecule has 40 heavy (non-hydrogen) atoms. The maximum Gasteiger partial charge on any atom is 1.00 e. The number of halogens is 1. The summed E-state index contributed by atoms with van der Waals surface area (Å²) in [7, 11) is 0. The summed E-state index contributed by atoms with van der Waals surface area (Å²) in [6.45, 7) is 4.53. The van der Waals surface area contributed by atoms with Crippen molar-refractivity contribution in [2.24, 2.45) is 0 Å². The van der Waals surface area contributed by atoms with Crippen LogP contribution in [0.1, 0.15) is 6.42 Å². The van der Waals surface area contributed by atoms with Crippen molar-refractivity contribution in [1.82, 2.24) is 19.1 Å². The molecule has 2 aliphatic heterocycles. The van der Waals surface area contributed by atoms with E-state index in [1.807, 2.05) is 6.07 Å². The van der Waals surface area contributed by atoms with E-state index in [1.54, 1.807) is 36.5 Å². The molecular formula is C25H29ClN5NaO8. The van der Waals surface area contributed by atoms with E-state index in [2.05, 4.69) is 14.9 Å². The number of carboxylic acids is 1. The fourth-order valence-electron chi connectivity index (χ4n) is 4.83. The van der Waals surface area contributed by atoms with Crippen LogP contribution in [0.15, 0.2) is 47.4 Å². The number of carboxylic acid groups (broad SMARTS) is 1. The third kappa shape index (κ3) is 6.48. The molecule has 0 amide bonds. The number of aliphatic hydroxyl groups excluding tert-OH is 3. The zero-order chi connectivity index (χ0) is 27.7. The molecule has 13 nitrogen and oxygen atoms in total. The summed E-state index contributed by atoms with van der Waals surface area (Å²) in [6.07, 6.45) is -6.32. The zero-order valence-corrected chi connectivity index (χ0v) is 24.6. The first kappa shape index (κ1) is 30.8. The summed E-state index contributed by atoms with van der Waals surface area (Å²) >= 11 is 6.40. The summed E-state index contributed by atoms with van der Waals surface area (Å²) < 4.78 is 13.7. The molecule has 15 heteroatoms. The first-order valence-electron chi connectivity index (χ1n) is 12.6. The van der Waals surface area contributed by atoms with E-state index < -0.39 is 36.7 Å². The van der Waals surface area contributed by atoms with Gasteiger partial charge in [-0.1, -0.05) is 17.7 Å². The number of benzene rings is 1. The maximum atomic E-state index is 12.4. The molecule has 2 aromatic heterocycles. The molecule has 3 N–H and O–H groups in total. The molecule has 2 aliphatic rings. The van der Waals surface area contributed by atoms with Crippen molar-refractivity contribution >= 4 is 28.9 Å².